The van der Waals surface area contributed by atoms with Crippen molar-refractivity contribution in [2.24, 2.45) is 10.7 Å². The fourth-order valence-corrected chi connectivity index (χ4v) is 0.601. The van der Waals surface area contributed by atoms with Gasteiger partial charge in [-0.15, -0.1) is 0 Å². The largest absolute Gasteiger partial charge is 0.482 e. The molecule has 0 unspecified atom stereocenters. The lowest BCUT2D eigenvalue weighted by molar-refractivity contribution is 0.287. The highest BCUT2D eigenvalue weighted by Crippen LogP contribution is 2.07. The van der Waals surface area contributed by atoms with Gasteiger partial charge in [-0.3, -0.25) is 0 Å². The SMILES string of the molecule is C=C(Cl)N=C/C(Br)=C(\N)OC. The van der Waals surface area contributed by atoms with E-state index in [0.717, 1.165) is 0 Å². The first kappa shape index (κ1) is 10.5. The molecule has 0 aromatic heterocycles. The topological polar surface area (TPSA) is 47.6 Å². The Labute approximate surface area is 78.7 Å². The van der Waals surface area contributed by atoms with Crippen molar-refractivity contribution in [1.82, 2.24) is 0 Å². The van der Waals surface area contributed by atoms with Crippen LogP contribution in [0, 0.1) is 0 Å². The van der Waals surface area contributed by atoms with Crippen LogP contribution in [0.2, 0.25) is 0 Å². The van der Waals surface area contributed by atoms with Crippen LogP contribution >= 0.6 is 27.5 Å². The Morgan fingerprint density at radius 2 is 2.36 bits per heavy atom. The minimum atomic E-state index is 0.186. The summed E-state index contributed by atoms with van der Waals surface area (Å²) in [5, 5.41) is 0.186. The molecule has 0 atom stereocenters. The minimum Gasteiger partial charge on any atom is -0.482 e. The molecule has 2 N–H and O–H groups in total. The van der Waals surface area contributed by atoms with Gasteiger partial charge in [0.15, 0.2) is 5.88 Å². The molecule has 0 spiro atoms. The number of nitrogens with zero attached hydrogens (tertiary/aromatic N) is 1. The van der Waals surface area contributed by atoms with Crippen molar-refractivity contribution in [2.45, 2.75) is 0 Å². The lowest BCUT2D eigenvalue weighted by Gasteiger charge is -1.97. The maximum absolute atomic E-state index is 5.35. The highest BCUT2D eigenvalue weighted by molar-refractivity contribution is 9.12. The normalized spacial score (nSPS) is 13.0. The second-order valence-electron chi connectivity index (χ2n) is 1.55. The van der Waals surface area contributed by atoms with Crippen molar-refractivity contribution in [1.29, 1.82) is 0 Å². The van der Waals surface area contributed by atoms with Gasteiger partial charge in [0.05, 0.1) is 11.6 Å². The zero-order chi connectivity index (χ0) is 8.85. The van der Waals surface area contributed by atoms with Gasteiger partial charge in [0, 0.05) is 6.21 Å². The third-order valence-electron chi connectivity index (χ3n) is 0.773. The summed E-state index contributed by atoms with van der Waals surface area (Å²) in [6.07, 6.45) is 1.41. The average molecular weight is 239 g/mol. The number of methoxy groups -OCH3 is 1. The highest BCUT2D eigenvalue weighted by atomic mass is 79.9. The first-order valence-corrected chi connectivity index (χ1v) is 3.82. The first-order chi connectivity index (χ1) is 5.07. The van der Waals surface area contributed by atoms with E-state index in [4.69, 9.17) is 22.1 Å². The molecule has 0 saturated carbocycles. The molecule has 5 heteroatoms. The predicted octanol–water partition coefficient (Wildman–Crippen LogP) is 1.94. The van der Waals surface area contributed by atoms with Crippen molar-refractivity contribution in [2.75, 3.05) is 7.11 Å². The van der Waals surface area contributed by atoms with E-state index in [1.165, 1.54) is 13.3 Å². The molecule has 11 heavy (non-hydrogen) atoms. The lowest BCUT2D eigenvalue weighted by atomic mass is 10.6. The van der Waals surface area contributed by atoms with Gasteiger partial charge in [-0.1, -0.05) is 18.2 Å². The number of rotatable bonds is 3. The summed E-state index contributed by atoms with van der Waals surface area (Å²) in [5.74, 6) is 0.242. The van der Waals surface area contributed by atoms with Crippen LogP contribution < -0.4 is 5.73 Å². The Kier molecular flexibility index (Phi) is 4.98. The van der Waals surface area contributed by atoms with Gasteiger partial charge in [0.2, 0.25) is 0 Å². The van der Waals surface area contributed by atoms with Crippen molar-refractivity contribution < 1.29 is 4.74 Å². The van der Waals surface area contributed by atoms with Crippen molar-refractivity contribution in [3.63, 3.8) is 0 Å². The second kappa shape index (κ2) is 5.21. The molecule has 0 aliphatic heterocycles. The van der Waals surface area contributed by atoms with Gasteiger partial charge in [-0.2, -0.15) is 0 Å². The van der Waals surface area contributed by atoms with Gasteiger partial charge < -0.3 is 10.5 Å². The summed E-state index contributed by atoms with van der Waals surface area (Å²) in [7, 11) is 1.46. The van der Waals surface area contributed by atoms with Crippen LogP contribution in [0.25, 0.3) is 0 Å². The molecule has 62 valence electrons. The van der Waals surface area contributed by atoms with Gasteiger partial charge >= 0.3 is 0 Å². The van der Waals surface area contributed by atoms with E-state index in [9.17, 15) is 0 Å². The standard InChI is InChI=1S/C6H8BrClN2O/c1-4(8)10-3-5(7)6(9)11-2/h3H,1,9H2,2H3/b6-5-,10-3?. The van der Waals surface area contributed by atoms with Gasteiger partial charge in [-0.25, -0.2) is 4.99 Å². The van der Waals surface area contributed by atoms with Crippen LogP contribution in [-0.2, 0) is 4.74 Å². The van der Waals surface area contributed by atoms with Gasteiger partial charge in [-0.05, 0) is 15.9 Å². The summed E-state index contributed by atoms with van der Waals surface area (Å²) in [4.78, 5) is 3.67. The Morgan fingerprint density at radius 1 is 1.82 bits per heavy atom. The summed E-state index contributed by atoms with van der Waals surface area (Å²) < 4.78 is 5.22. The van der Waals surface area contributed by atoms with Crippen LogP contribution in [0.3, 0.4) is 0 Å². The Hall–Kier alpha value is -0.480. The molecular formula is C6H8BrClN2O. The van der Waals surface area contributed by atoms with Crippen molar-refractivity contribution in [3.8, 4) is 0 Å². The Morgan fingerprint density at radius 3 is 2.73 bits per heavy atom. The molecule has 0 aliphatic carbocycles. The van der Waals surface area contributed by atoms with Crippen LogP contribution in [0.15, 0.2) is 27.1 Å². The van der Waals surface area contributed by atoms with Crippen LogP contribution in [0.4, 0.5) is 0 Å². The summed E-state index contributed by atoms with van der Waals surface area (Å²) in [6, 6.07) is 0. The van der Waals surface area contributed by atoms with E-state index in [2.05, 4.69) is 27.5 Å². The van der Waals surface area contributed by atoms with E-state index in [1.54, 1.807) is 0 Å². The molecule has 3 nitrogen and oxygen atoms in total. The number of nitrogens with two attached hydrogens (primary N) is 1. The highest BCUT2D eigenvalue weighted by Gasteiger charge is 1.94. The molecule has 0 rings (SSSR count). The van der Waals surface area contributed by atoms with Gasteiger partial charge in [0.25, 0.3) is 0 Å². The average Bonchev–Trinajstić information content (AvgIpc) is 1.98. The molecular weight excluding hydrogens is 231 g/mol. The molecule has 0 aliphatic rings. The first-order valence-electron chi connectivity index (χ1n) is 2.65. The lowest BCUT2D eigenvalue weighted by Crippen LogP contribution is -2.01. The number of ether oxygens (including phenoxy) is 1. The third kappa shape index (κ3) is 4.86. The molecule has 0 bridgehead atoms. The Balaban J connectivity index is 4.26. The summed E-state index contributed by atoms with van der Waals surface area (Å²) in [5.41, 5.74) is 5.35. The van der Waals surface area contributed by atoms with Crippen LogP contribution in [0.5, 0.6) is 0 Å². The van der Waals surface area contributed by atoms with E-state index in [1.807, 2.05) is 0 Å². The molecule has 0 heterocycles. The number of hydrogen-bond acceptors (Lipinski definition) is 3. The fourth-order valence-electron chi connectivity index (χ4n) is 0.288. The maximum atomic E-state index is 5.35. The number of hydrogen-bond donors (Lipinski definition) is 1. The molecule has 0 radical (unpaired) electrons. The smallest absolute Gasteiger partial charge is 0.200 e. The van der Waals surface area contributed by atoms with Crippen LogP contribution in [0.1, 0.15) is 0 Å². The minimum absolute atomic E-state index is 0.186. The number of halogens is 2. The molecule has 0 aromatic rings. The van der Waals surface area contributed by atoms with Crippen LogP contribution in [-0.4, -0.2) is 13.3 Å². The molecule has 0 aromatic carbocycles. The zero-order valence-electron chi connectivity index (χ0n) is 5.97. The van der Waals surface area contributed by atoms with Crippen molar-refractivity contribution >= 4 is 33.7 Å². The number of allylic oxidation sites excluding steroid dienone is 1. The zero-order valence-corrected chi connectivity index (χ0v) is 8.32. The Bertz CT molecular complexity index is 213. The fraction of sp³-hybridized carbons (Fsp3) is 0.167. The van der Waals surface area contributed by atoms with E-state index in [-0.39, 0.29) is 11.0 Å². The monoisotopic (exact) mass is 238 g/mol. The van der Waals surface area contributed by atoms with E-state index >= 15 is 0 Å². The molecule has 0 fully saturated rings. The summed E-state index contributed by atoms with van der Waals surface area (Å²) >= 11 is 8.46. The second-order valence-corrected chi connectivity index (χ2v) is 2.84. The summed E-state index contributed by atoms with van der Waals surface area (Å²) in [6.45, 7) is 3.35. The number of aliphatic imine (C=N–C) groups is 1. The van der Waals surface area contributed by atoms with E-state index in [0.29, 0.717) is 4.48 Å². The van der Waals surface area contributed by atoms with Gasteiger partial charge in [0.1, 0.15) is 5.16 Å². The third-order valence-corrected chi connectivity index (χ3v) is 1.47. The maximum Gasteiger partial charge on any atom is 0.200 e. The van der Waals surface area contributed by atoms with Crippen molar-refractivity contribution in [3.05, 3.63) is 22.1 Å². The molecule has 0 saturated heterocycles. The molecule has 0 amide bonds. The predicted molar refractivity (Wildman–Crippen MR) is 50.6 cm³/mol. The van der Waals surface area contributed by atoms with E-state index < -0.39 is 0 Å². The quantitative estimate of drug-likeness (QED) is 0.465.